The molecule has 0 atom stereocenters. The lowest BCUT2D eigenvalue weighted by Crippen LogP contribution is -2.34. The van der Waals surface area contributed by atoms with Crippen molar-refractivity contribution in [3.63, 3.8) is 0 Å². The average Bonchev–Trinajstić information content (AvgIpc) is 2.80. The second kappa shape index (κ2) is 10.4. The molecule has 0 fully saturated rings. The van der Waals surface area contributed by atoms with Gasteiger partial charge in [0.05, 0.1) is 10.6 Å². The molecule has 3 aromatic carbocycles. The van der Waals surface area contributed by atoms with E-state index in [4.69, 9.17) is 12.2 Å². The van der Waals surface area contributed by atoms with Gasteiger partial charge in [-0.3, -0.25) is 14.4 Å². The van der Waals surface area contributed by atoms with Gasteiger partial charge in [0.1, 0.15) is 0 Å². The number of benzene rings is 3. The van der Waals surface area contributed by atoms with Crippen LogP contribution in [0.15, 0.2) is 83.8 Å². The SMILES string of the molecule is CCN(c1ccccc1)S(=O)(=O)c1ccc(NC(=S)NC(=O)c2ccc(C(C)(C)C)cc2)cc1. The lowest BCUT2D eigenvalue weighted by atomic mass is 9.87. The summed E-state index contributed by atoms with van der Waals surface area (Å²) in [5, 5.41) is 5.70. The average molecular weight is 496 g/mol. The van der Waals surface area contributed by atoms with Gasteiger partial charge in [0.15, 0.2) is 5.11 Å². The first-order valence-electron chi connectivity index (χ1n) is 10.9. The first kappa shape index (κ1) is 25.4. The molecule has 0 saturated carbocycles. The second-order valence-corrected chi connectivity index (χ2v) is 11.0. The van der Waals surface area contributed by atoms with Gasteiger partial charge in [-0.25, -0.2) is 8.42 Å². The molecule has 178 valence electrons. The van der Waals surface area contributed by atoms with Crippen molar-refractivity contribution in [3.8, 4) is 0 Å². The Morgan fingerprint density at radius 1 is 0.912 bits per heavy atom. The third-order valence-electron chi connectivity index (χ3n) is 5.27. The molecule has 0 aliphatic heterocycles. The van der Waals surface area contributed by atoms with Gasteiger partial charge in [0.2, 0.25) is 0 Å². The quantitative estimate of drug-likeness (QED) is 0.452. The van der Waals surface area contributed by atoms with Crippen LogP contribution in [0.3, 0.4) is 0 Å². The lowest BCUT2D eigenvalue weighted by molar-refractivity contribution is 0.0977. The number of sulfonamides is 1. The summed E-state index contributed by atoms with van der Waals surface area (Å²) in [7, 11) is -3.72. The molecule has 6 nitrogen and oxygen atoms in total. The summed E-state index contributed by atoms with van der Waals surface area (Å²) >= 11 is 5.26. The first-order valence-corrected chi connectivity index (χ1v) is 12.8. The number of carbonyl (C=O) groups excluding carboxylic acids is 1. The van der Waals surface area contributed by atoms with Gasteiger partial charge in [0, 0.05) is 17.8 Å². The third kappa shape index (κ3) is 6.01. The standard InChI is InChI=1S/C26H29N3O3S2/c1-5-29(22-9-7-6-8-10-22)34(31,32)23-17-15-21(16-18-23)27-25(33)28-24(30)19-11-13-20(14-12-19)26(2,3)4/h6-18H,5H2,1-4H3,(H2,27,28,30,33). The summed E-state index contributed by atoms with van der Waals surface area (Å²) in [5.74, 6) is -0.321. The van der Waals surface area contributed by atoms with Crippen LogP contribution >= 0.6 is 12.2 Å². The van der Waals surface area contributed by atoms with E-state index in [1.807, 2.05) is 18.2 Å². The van der Waals surface area contributed by atoms with Crippen LogP contribution < -0.4 is 14.9 Å². The molecule has 0 radical (unpaired) electrons. The van der Waals surface area contributed by atoms with Crippen LogP contribution in [-0.4, -0.2) is 26.0 Å². The fraction of sp³-hybridized carbons (Fsp3) is 0.231. The van der Waals surface area contributed by atoms with Gasteiger partial charge in [-0.05, 0) is 78.7 Å². The van der Waals surface area contributed by atoms with Gasteiger partial charge >= 0.3 is 0 Å². The topological polar surface area (TPSA) is 78.5 Å². The summed E-state index contributed by atoms with van der Waals surface area (Å²) in [5.41, 5.74) is 2.80. The third-order valence-corrected chi connectivity index (χ3v) is 7.39. The first-order chi connectivity index (χ1) is 16.0. The Morgan fingerprint density at radius 3 is 2.03 bits per heavy atom. The van der Waals surface area contributed by atoms with Crippen LogP contribution in [0.25, 0.3) is 0 Å². The number of nitrogens with one attached hydrogen (secondary N) is 2. The van der Waals surface area contributed by atoms with E-state index in [2.05, 4.69) is 31.4 Å². The number of rotatable bonds is 6. The molecule has 0 aliphatic carbocycles. The highest BCUT2D eigenvalue weighted by Crippen LogP contribution is 2.24. The molecule has 3 rings (SSSR count). The summed E-state index contributed by atoms with van der Waals surface area (Å²) in [4.78, 5) is 12.7. The molecule has 0 aromatic heterocycles. The molecule has 0 bridgehead atoms. The Balaban J connectivity index is 1.66. The zero-order valence-corrected chi connectivity index (χ0v) is 21.3. The number of thiocarbonyl (C=S) groups is 1. The molecule has 8 heteroatoms. The van der Waals surface area contributed by atoms with Crippen molar-refractivity contribution in [2.24, 2.45) is 0 Å². The zero-order chi connectivity index (χ0) is 24.9. The van der Waals surface area contributed by atoms with E-state index in [1.165, 1.54) is 16.4 Å². The molecule has 0 spiro atoms. The van der Waals surface area contributed by atoms with Crippen molar-refractivity contribution in [1.29, 1.82) is 0 Å². The molecular weight excluding hydrogens is 466 g/mol. The summed E-state index contributed by atoms with van der Waals surface area (Å²) in [6.45, 7) is 8.43. The van der Waals surface area contributed by atoms with Crippen LogP contribution in [0.1, 0.15) is 43.6 Å². The van der Waals surface area contributed by atoms with Gasteiger partial charge in [-0.1, -0.05) is 51.1 Å². The van der Waals surface area contributed by atoms with E-state index in [1.54, 1.807) is 55.5 Å². The van der Waals surface area contributed by atoms with Crippen LogP contribution in [0, 0.1) is 0 Å². The molecule has 0 saturated heterocycles. The monoisotopic (exact) mass is 495 g/mol. The minimum atomic E-state index is -3.72. The van der Waals surface area contributed by atoms with Crippen molar-refractivity contribution < 1.29 is 13.2 Å². The molecule has 1 amide bonds. The van der Waals surface area contributed by atoms with Crippen molar-refractivity contribution in [1.82, 2.24) is 5.32 Å². The molecule has 0 heterocycles. The fourth-order valence-electron chi connectivity index (χ4n) is 3.38. The maximum absolute atomic E-state index is 13.1. The molecule has 3 aromatic rings. The highest BCUT2D eigenvalue weighted by molar-refractivity contribution is 7.92. The van der Waals surface area contributed by atoms with E-state index in [0.29, 0.717) is 23.5 Å². The molecule has 0 aliphatic rings. The minimum absolute atomic E-state index is 0.000755. The second-order valence-electron chi connectivity index (χ2n) is 8.77. The number of carbonyl (C=O) groups is 1. The van der Waals surface area contributed by atoms with Gasteiger partial charge < -0.3 is 5.32 Å². The van der Waals surface area contributed by atoms with Crippen LogP contribution in [0.2, 0.25) is 0 Å². The van der Waals surface area contributed by atoms with Gasteiger partial charge in [-0.2, -0.15) is 0 Å². The summed E-state index contributed by atoms with van der Waals surface area (Å²) < 4.78 is 27.6. The number of hydrogen-bond acceptors (Lipinski definition) is 4. The molecule has 0 unspecified atom stereocenters. The maximum Gasteiger partial charge on any atom is 0.264 e. The largest absolute Gasteiger partial charge is 0.332 e. The number of anilines is 2. The minimum Gasteiger partial charge on any atom is -0.332 e. The number of amides is 1. The highest BCUT2D eigenvalue weighted by Gasteiger charge is 2.23. The number of nitrogens with zero attached hydrogens (tertiary/aromatic N) is 1. The van der Waals surface area contributed by atoms with Crippen LogP contribution in [0.4, 0.5) is 11.4 Å². The zero-order valence-electron chi connectivity index (χ0n) is 19.7. The van der Waals surface area contributed by atoms with E-state index >= 15 is 0 Å². The van der Waals surface area contributed by atoms with E-state index in [0.717, 1.165) is 5.56 Å². The lowest BCUT2D eigenvalue weighted by Gasteiger charge is -2.23. The Labute approximate surface area is 207 Å². The van der Waals surface area contributed by atoms with Crippen LogP contribution in [0.5, 0.6) is 0 Å². The Bertz CT molecular complexity index is 1250. The summed E-state index contributed by atoms with van der Waals surface area (Å²) in [6.07, 6.45) is 0. The number of para-hydroxylation sites is 1. The Kier molecular flexibility index (Phi) is 7.74. The summed E-state index contributed by atoms with van der Waals surface area (Å²) in [6, 6.07) is 22.6. The molecule has 34 heavy (non-hydrogen) atoms. The fourth-order valence-corrected chi connectivity index (χ4v) is 5.07. The number of hydrogen-bond donors (Lipinski definition) is 2. The molecule has 2 N–H and O–H groups in total. The van der Waals surface area contributed by atoms with Crippen molar-refractivity contribution in [2.75, 3.05) is 16.2 Å². The van der Waals surface area contributed by atoms with Gasteiger partial charge in [0.25, 0.3) is 15.9 Å². The Hall–Kier alpha value is -3.23. The Morgan fingerprint density at radius 2 is 1.50 bits per heavy atom. The smallest absolute Gasteiger partial charge is 0.264 e. The van der Waals surface area contributed by atoms with Crippen molar-refractivity contribution in [3.05, 3.63) is 90.0 Å². The maximum atomic E-state index is 13.1. The van der Waals surface area contributed by atoms with Crippen LogP contribution in [-0.2, 0) is 15.4 Å². The predicted molar refractivity (Wildman–Crippen MR) is 142 cm³/mol. The normalized spacial score (nSPS) is 11.5. The van der Waals surface area contributed by atoms with E-state index < -0.39 is 10.0 Å². The van der Waals surface area contributed by atoms with Crippen molar-refractivity contribution >= 4 is 44.6 Å². The highest BCUT2D eigenvalue weighted by atomic mass is 32.2. The van der Waals surface area contributed by atoms with Crippen molar-refractivity contribution in [2.45, 2.75) is 38.0 Å². The predicted octanol–water partition coefficient (Wildman–Crippen LogP) is 5.33. The van der Waals surface area contributed by atoms with E-state index in [9.17, 15) is 13.2 Å². The van der Waals surface area contributed by atoms with Gasteiger partial charge in [-0.15, -0.1) is 0 Å². The van der Waals surface area contributed by atoms with E-state index in [-0.39, 0.29) is 21.3 Å². The molecular formula is C26H29N3O3S2.